The van der Waals surface area contributed by atoms with Crippen molar-refractivity contribution in [2.24, 2.45) is 0 Å². The van der Waals surface area contributed by atoms with E-state index in [0.717, 1.165) is 15.6 Å². The fourth-order valence-corrected chi connectivity index (χ4v) is 4.79. The number of aliphatic hydroxyl groups is 2. The smallest absolute Gasteiger partial charge is 0.338 e. The van der Waals surface area contributed by atoms with Crippen LogP contribution in [0, 0.1) is 11.8 Å². The Balaban J connectivity index is 1.69. The molecule has 0 spiro atoms. The first-order chi connectivity index (χ1) is 18.0. The van der Waals surface area contributed by atoms with E-state index in [4.69, 9.17) is 9.47 Å². The van der Waals surface area contributed by atoms with Crippen molar-refractivity contribution in [2.45, 2.75) is 44.5 Å². The Morgan fingerprint density at radius 3 is 2.55 bits per heavy atom. The average molecular weight is 578 g/mol. The first-order valence-electron chi connectivity index (χ1n) is 12.0. The Morgan fingerprint density at radius 2 is 1.87 bits per heavy atom. The molecule has 3 aromatic carbocycles. The zero-order chi connectivity index (χ0) is 27.5. The van der Waals surface area contributed by atoms with Gasteiger partial charge in [-0.3, -0.25) is 4.79 Å². The van der Waals surface area contributed by atoms with E-state index in [2.05, 4.69) is 33.1 Å². The van der Waals surface area contributed by atoms with Gasteiger partial charge >= 0.3 is 5.97 Å². The van der Waals surface area contributed by atoms with E-state index < -0.39 is 22.9 Å². The highest BCUT2D eigenvalue weighted by Crippen LogP contribution is 2.39. The fourth-order valence-electron chi connectivity index (χ4n) is 4.45. The number of esters is 1. The number of nitrogens with one attached hydrogen (secondary N) is 1. The maximum absolute atomic E-state index is 13.6. The molecule has 0 fully saturated rings. The van der Waals surface area contributed by atoms with Gasteiger partial charge in [0.15, 0.2) is 0 Å². The van der Waals surface area contributed by atoms with E-state index in [0.29, 0.717) is 28.1 Å². The van der Waals surface area contributed by atoms with Crippen LogP contribution in [-0.4, -0.2) is 34.8 Å². The summed E-state index contributed by atoms with van der Waals surface area (Å²) in [6.45, 7) is 3.85. The standard InChI is InChI=1S/C30H28BrNO6/c1-29(2,25-11-8-22(31)15-26(25)37-3)18-30(36,13-12-19-4-6-20(16-33)7-5-19)28(35)32-23-9-10-24-21(14-23)17-38-27(24)34/h4-11,14-15,33,36H,16-18H2,1-3H3,(H,32,35). The van der Waals surface area contributed by atoms with Gasteiger partial charge in [0.1, 0.15) is 12.4 Å². The Kier molecular flexibility index (Phi) is 7.93. The van der Waals surface area contributed by atoms with Crippen LogP contribution in [-0.2, 0) is 28.2 Å². The van der Waals surface area contributed by atoms with Crippen molar-refractivity contribution in [1.82, 2.24) is 0 Å². The highest BCUT2D eigenvalue weighted by atomic mass is 79.9. The van der Waals surface area contributed by atoms with Gasteiger partial charge in [0, 0.05) is 27.7 Å². The molecule has 1 aliphatic rings. The molecule has 0 saturated carbocycles. The van der Waals surface area contributed by atoms with Gasteiger partial charge in [-0.1, -0.05) is 59.8 Å². The van der Waals surface area contributed by atoms with Crippen LogP contribution >= 0.6 is 15.9 Å². The summed E-state index contributed by atoms with van der Waals surface area (Å²) < 4.78 is 11.5. The number of ether oxygens (including phenoxy) is 2. The first-order valence-corrected chi connectivity index (χ1v) is 12.7. The highest BCUT2D eigenvalue weighted by Gasteiger charge is 2.42. The summed E-state index contributed by atoms with van der Waals surface area (Å²) in [5.74, 6) is 5.23. The lowest BCUT2D eigenvalue weighted by Crippen LogP contribution is -2.46. The molecular formula is C30H28BrNO6. The van der Waals surface area contributed by atoms with Crippen molar-refractivity contribution in [1.29, 1.82) is 0 Å². The molecular weight excluding hydrogens is 550 g/mol. The molecule has 3 N–H and O–H groups in total. The van der Waals surface area contributed by atoms with E-state index >= 15 is 0 Å². The van der Waals surface area contributed by atoms with Crippen LogP contribution in [0.2, 0.25) is 0 Å². The maximum atomic E-state index is 13.6. The molecule has 1 atom stereocenters. The predicted octanol–water partition coefficient (Wildman–Crippen LogP) is 4.71. The number of carbonyl (C=O) groups is 2. The lowest BCUT2D eigenvalue weighted by atomic mass is 9.74. The van der Waals surface area contributed by atoms with Crippen molar-refractivity contribution in [2.75, 3.05) is 12.4 Å². The summed E-state index contributed by atoms with van der Waals surface area (Å²) in [7, 11) is 1.57. The topological polar surface area (TPSA) is 105 Å². The number of amides is 1. The third kappa shape index (κ3) is 5.91. The van der Waals surface area contributed by atoms with Crippen LogP contribution in [0.4, 0.5) is 5.69 Å². The van der Waals surface area contributed by atoms with E-state index in [1.54, 1.807) is 49.6 Å². The summed E-state index contributed by atoms with van der Waals surface area (Å²) in [4.78, 5) is 25.4. The Bertz CT molecular complexity index is 1440. The summed E-state index contributed by atoms with van der Waals surface area (Å²) in [6.07, 6.45) is -0.0436. The number of anilines is 1. The van der Waals surface area contributed by atoms with Crippen molar-refractivity contribution in [3.63, 3.8) is 0 Å². The molecule has 1 unspecified atom stereocenters. The minimum atomic E-state index is -2.09. The number of rotatable bonds is 7. The molecule has 3 aromatic rings. The SMILES string of the molecule is COc1cc(Br)ccc1C(C)(C)CC(O)(C#Cc1ccc(CO)cc1)C(=O)Nc1ccc2c(c1)COC2=O. The number of hydrogen-bond donors (Lipinski definition) is 3. The molecule has 8 heteroatoms. The lowest BCUT2D eigenvalue weighted by molar-refractivity contribution is -0.130. The lowest BCUT2D eigenvalue weighted by Gasteiger charge is -2.33. The Morgan fingerprint density at radius 1 is 1.13 bits per heavy atom. The number of cyclic esters (lactones) is 1. The van der Waals surface area contributed by atoms with Gasteiger partial charge in [-0.05, 0) is 59.0 Å². The zero-order valence-corrected chi connectivity index (χ0v) is 22.9. The van der Waals surface area contributed by atoms with Gasteiger partial charge in [0.25, 0.3) is 5.91 Å². The molecule has 1 aliphatic heterocycles. The second-order valence-corrected chi connectivity index (χ2v) is 10.7. The average Bonchev–Trinajstić information content (AvgIpc) is 3.27. The number of methoxy groups -OCH3 is 1. The van der Waals surface area contributed by atoms with Gasteiger partial charge in [-0.25, -0.2) is 4.79 Å². The minimum absolute atomic E-state index is 0.0436. The molecule has 0 aromatic heterocycles. The minimum Gasteiger partial charge on any atom is -0.496 e. The number of fused-ring (bicyclic) bond motifs is 1. The molecule has 1 amide bonds. The van der Waals surface area contributed by atoms with Crippen LogP contribution in [0.25, 0.3) is 0 Å². The summed E-state index contributed by atoms with van der Waals surface area (Å²) >= 11 is 3.45. The van der Waals surface area contributed by atoms with Crippen LogP contribution in [0.5, 0.6) is 5.75 Å². The summed E-state index contributed by atoms with van der Waals surface area (Å²) in [6, 6.07) is 17.3. The molecule has 38 heavy (non-hydrogen) atoms. The Hall–Kier alpha value is -3.64. The maximum Gasteiger partial charge on any atom is 0.338 e. The molecule has 196 valence electrons. The van der Waals surface area contributed by atoms with Gasteiger partial charge in [-0.2, -0.15) is 0 Å². The molecule has 0 radical (unpaired) electrons. The monoisotopic (exact) mass is 577 g/mol. The van der Waals surface area contributed by atoms with Crippen molar-refractivity contribution in [3.8, 4) is 17.6 Å². The normalized spacial score (nSPS) is 14.0. The second kappa shape index (κ2) is 11.0. The first kappa shape index (κ1) is 27.4. The van der Waals surface area contributed by atoms with Crippen molar-refractivity contribution < 1.29 is 29.3 Å². The number of halogens is 1. The van der Waals surface area contributed by atoms with Crippen molar-refractivity contribution >= 4 is 33.5 Å². The summed E-state index contributed by atoms with van der Waals surface area (Å²) in [5.41, 5.74) is 0.815. The quantitative estimate of drug-likeness (QED) is 0.277. The zero-order valence-electron chi connectivity index (χ0n) is 21.3. The van der Waals surface area contributed by atoms with Gasteiger partial charge in [0.2, 0.25) is 5.60 Å². The van der Waals surface area contributed by atoms with E-state index in [1.807, 2.05) is 32.0 Å². The number of benzene rings is 3. The molecule has 1 heterocycles. The molecule has 0 saturated heterocycles. The van der Waals surface area contributed by atoms with E-state index in [9.17, 15) is 19.8 Å². The molecule has 0 aliphatic carbocycles. The third-order valence-electron chi connectivity index (χ3n) is 6.46. The van der Waals surface area contributed by atoms with Crippen LogP contribution in [0.15, 0.2) is 65.1 Å². The second-order valence-electron chi connectivity index (χ2n) is 9.77. The molecule has 0 bridgehead atoms. The van der Waals surface area contributed by atoms with Crippen molar-refractivity contribution in [3.05, 3.63) is 93.0 Å². The number of aliphatic hydroxyl groups excluding tert-OH is 1. The van der Waals surface area contributed by atoms with Gasteiger partial charge < -0.3 is 25.0 Å². The summed E-state index contributed by atoms with van der Waals surface area (Å²) in [5, 5.41) is 23.9. The van der Waals surface area contributed by atoms with E-state index in [-0.39, 0.29) is 19.6 Å². The number of carbonyl (C=O) groups excluding carboxylic acids is 2. The predicted molar refractivity (Wildman–Crippen MR) is 147 cm³/mol. The van der Waals surface area contributed by atoms with E-state index in [1.165, 1.54) is 0 Å². The highest BCUT2D eigenvalue weighted by molar-refractivity contribution is 9.10. The van der Waals surface area contributed by atoms with Gasteiger partial charge in [0.05, 0.1) is 19.3 Å². The van der Waals surface area contributed by atoms with Crippen LogP contribution < -0.4 is 10.1 Å². The molecule has 7 nitrogen and oxygen atoms in total. The van der Waals surface area contributed by atoms with Gasteiger partial charge in [-0.15, -0.1) is 0 Å². The van der Waals surface area contributed by atoms with Crippen LogP contribution in [0.1, 0.15) is 52.9 Å². The largest absolute Gasteiger partial charge is 0.496 e. The fraction of sp³-hybridized carbons (Fsp3) is 0.267. The van der Waals surface area contributed by atoms with Crippen LogP contribution in [0.3, 0.4) is 0 Å². The molecule has 4 rings (SSSR count). The number of hydrogen-bond acceptors (Lipinski definition) is 6. The Labute approximate surface area is 229 Å². The third-order valence-corrected chi connectivity index (χ3v) is 6.95.